The van der Waals surface area contributed by atoms with Gasteiger partial charge in [-0.2, -0.15) is 0 Å². The van der Waals surface area contributed by atoms with Gasteiger partial charge in [0.2, 0.25) is 0 Å². The molecule has 0 unspecified atom stereocenters. The van der Waals surface area contributed by atoms with Crippen LogP contribution in [-0.2, 0) is 0 Å². The Balaban J connectivity index is 2.47. The van der Waals surface area contributed by atoms with Gasteiger partial charge in [0, 0.05) is 0 Å². The fourth-order valence-corrected chi connectivity index (χ4v) is 0.837. The Morgan fingerprint density at radius 2 is 2.50 bits per heavy atom. The highest BCUT2D eigenvalue weighted by molar-refractivity contribution is 5.34. The van der Waals surface area contributed by atoms with Gasteiger partial charge in [-0.3, -0.25) is 0 Å². The predicted molar refractivity (Wildman–Crippen MR) is 45.8 cm³/mol. The van der Waals surface area contributed by atoms with E-state index in [9.17, 15) is 0 Å². The Morgan fingerprint density at radius 1 is 1.70 bits per heavy atom. The zero-order valence-electron chi connectivity index (χ0n) is 6.30. The molecule has 1 rings (SSSR count). The predicted octanol–water partition coefficient (Wildman–Crippen LogP) is 3.01. The van der Waals surface area contributed by atoms with Crippen LogP contribution in [0.1, 0.15) is 13.3 Å². The lowest BCUT2D eigenvalue weighted by Gasteiger charge is -1.89. The van der Waals surface area contributed by atoms with Crippen LogP contribution in [0.2, 0.25) is 0 Å². The summed E-state index contributed by atoms with van der Waals surface area (Å²) in [6, 6.07) is 0. The molecule has 0 aromatic rings. The zero-order valence-corrected chi connectivity index (χ0v) is 6.30. The van der Waals surface area contributed by atoms with Crippen LogP contribution >= 0.6 is 0 Å². The molecule has 52 valence electrons. The van der Waals surface area contributed by atoms with Crippen molar-refractivity contribution in [3.63, 3.8) is 0 Å². The first kappa shape index (κ1) is 7.07. The van der Waals surface area contributed by atoms with Crippen molar-refractivity contribution >= 4 is 0 Å². The fourth-order valence-electron chi connectivity index (χ4n) is 0.837. The molecule has 0 aliphatic heterocycles. The number of allylic oxidation sites excluding steroid dienone is 7. The molecule has 0 heteroatoms. The molecule has 0 aromatic carbocycles. The van der Waals surface area contributed by atoms with Gasteiger partial charge in [0.25, 0.3) is 0 Å². The molecule has 0 atom stereocenters. The average Bonchev–Trinajstić information content (AvgIpc) is 2.34. The molecule has 1 aliphatic carbocycles. The molecule has 0 nitrogen and oxygen atoms in total. The minimum atomic E-state index is 1.07. The highest BCUT2D eigenvalue weighted by atomic mass is 14.0. The van der Waals surface area contributed by atoms with E-state index >= 15 is 0 Å². The van der Waals surface area contributed by atoms with E-state index in [1.165, 1.54) is 5.57 Å². The standard InChI is InChI=1S/C10H12/c1-9(2)7-8-10-5-3-4-6-10/h3-5,7-8H,1,6H2,2H3. The summed E-state index contributed by atoms with van der Waals surface area (Å²) in [5.74, 6) is 0. The number of hydrogen-bond acceptors (Lipinski definition) is 0. The maximum absolute atomic E-state index is 3.78. The van der Waals surface area contributed by atoms with Gasteiger partial charge >= 0.3 is 0 Å². The normalized spacial score (nSPS) is 16.3. The quantitative estimate of drug-likeness (QED) is 0.507. The van der Waals surface area contributed by atoms with Crippen molar-refractivity contribution < 1.29 is 0 Å². The van der Waals surface area contributed by atoms with Crippen molar-refractivity contribution in [3.05, 3.63) is 48.1 Å². The minimum absolute atomic E-state index is 1.07. The molecule has 0 heterocycles. The summed E-state index contributed by atoms with van der Waals surface area (Å²) in [4.78, 5) is 0. The number of hydrogen-bond donors (Lipinski definition) is 0. The maximum Gasteiger partial charge on any atom is -0.00943 e. The summed E-state index contributed by atoms with van der Waals surface area (Å²) in [5.41, 5.74) is 2.47. The van der Waals surface area contributed by atoms with Crippen LogP contribution in [0, 0.1) is 0 Å². The molecule has 0 amide bonds. The molecule has 0 saturated carbocycles. The van der Waals surface area contributed by atoms with Gasteiger partial charge in [-0.25, -0.2) is 0 Å². The van der Waals surface area contributed by atoms with Crippen LogP contribution in [0.15, 0.2) is 48.1 Å². The van der Waals surface area contributed by atoms with E-state index < -0.39 is 0 Å². The van der Waals surface area contributed by atoms with Crippen LogP contribution in [-0.4, -0.2) is 0 Å². The van der Waals surface area contributed by atoms with E-state index in [4.69, 9.17) is 0 Å². The topological polar surface area (TPSA) is 0 Å². The molecule has 0 spiro atoms. The lowest BCUT2D eigenvalue weighted by Crippen LogP contribution is -1.69. The van der Waals surface area contributed by atoms with Gasteiger partial charge in [-0.15, -0.1) is 0 Å². The number of rotatable bonds is 2. The first-order chi connectivity index (χ1) is 4.79. The summed E-state index contributed by atoms with van der Waals surface area (Å²) in [6.07, 6.45) is 11.6. The van der Waals surface area contributed by atoms with Crippen molar-refractivity contribution in [3.8, 4) is 0 Å². The SMILES string of the molecule is C=C(C)C=CC1=CC=CC1. The smallest absolute Gasteiger partial charge is 0.00943 e. The molecule has 10 heavy (non-hydrogen) atoms. The van der Waals surface area contributed by atoms with Crippen LogP contribution in [0.5, 0.6) is 0 Å². The van der Waals surface area contributed by atoms with Crippen molar-refractivity contribution in [2.75, 3.05) is 0 Å². The molecule has 0 aromatic heterocycles. The average molecular weight is 132 g/mol. The van der Waals surface area contributed by atoms with Gasteiger partial charge in [-0.1, -0.05) is 42.5 Å². The summed E-state index contributed by atoms with van der Waals surface area (Å²) in [6.45, 7) is 5.78. The Kier molecular flexibility index (Phi) is 2.27. The van der Waals surface area contributed by atoms with Gasteiger partial charge < -0.3 is 0 Å². The largest absolute Gasteiger partial charge is 0.0961 e. The highest BCUT2D eigenvalue weighted by Crippen LogP contribution is 2.11. The lowest BCUT2D eigenvalue weighted by molar-refractivity contribution is 1.33. The van der Waals surface area contributed by atoms with Crippen LogP contribution in [0.4, 0.5) is 0 Å². The van der Waals surface area contributed by atoms with Gasteiger partial charge in [0.05, 0.1) is 0 Å². The maximum atomic E-state index is 3.78. The van der Waals surface area contributed by atoms with Crippen molar-refractivity contribution in [2.24, 2.45) is 0 Å². The fraction of sp³-hybridized carbons (Fsp3) is 0.200. The van der Waals surface area contributed by atoms with E-state index in [-0.39, 0.29) is 0 Å². The second kappa shape index (κ2) is 3.21. The second-order valence-corrected chi connectivity index (χ2v) is 2.55. The van der Waals surface area contributed by atoms with Gasteiger partial charge in [0.1, 0.15) is 0 Å². The lowest BCUT2D eigenvalue weighted by atomic mass is 10.2. The molecular formula is C10H12. The van der Waals surface area contributed by atoms with E-state index in [1.807, 2.05) is 13.0 Å². The summed E-state index contributed by atoms with van der Waals surface area (Å²) in [5, 5.41) is 0. The molecule has 0 fully saturated rings. The van der Waals surface area contributed by atoms with Crippen molar-refractivity contribution in [1.82, 2.24) is 0 Å². The highest BCUT2D eigenvalue weighted by Gasteiger charge is 1.91. The third-order valence-electron chi connectivity index (χ3n) is 1.38. The second-order valence-electron chi connectivity index (χ2n) is 2.55. The Bertz CT molecular complexity index is 214. The van der Waals surface area contributed by atoms with Gasteiger partial charge in [-0.05, 0) is 18.9 Å². The minimum Gasteiger partial charge on any atom is -0.0961 e. The van der Waals surface area contributed by atoms with E-state index in [2.05, 4.69) is 30.9 Å². The van der Waals surface area contributed by atoms with E-state index in [1.54, 1.807) is 0 Å². The Morgan fingerprint density at radius 3 is 3.00 bits per heavy atom. The van der Waals surface area contributed by atoms with E-state index in [0.717, 1.165) is 12.0 Å². The van der Waals surface area contributed by atoms with Crippen LogP contribution in [0.3, 0.4) is 0 Å². The van der Waals surface area contributed by atoms with Crippen molar-refractivity contribution in [2.45, 2.75) is 13.3 Å². The Labute approximate surface area is 62.3 Å². The summed E-state index contributed by atoms with van der Waals surface area (Å²) in [7, 11) is 0. The van der Waals surface area contributed by atoms with Crippen LogP contribution < -0.4 is 0 Å². The monoisotopic (exact) mass is 132 g/mol. The van der Waals surface area contributed by atoms with Crippen molar-refractivity contribution in [1.29, 1.82) is 0 Å². The molecule has 1 aliphatic rings. The zero-order chi connectivity index (χ0) is 7.40. The van der Waals surface area contributed by atoms with Gasteiger partial charge in [0.15, 0.2) is 0 Å². The molecule has 0 N–H and O–H groups in total. The third-order valence-corrected chi connectivity index (χ3v) is 1.38. The molecule has 0 bridgehead atoms. The third kappa shape index (κ3) is 2.06. The first-order valence-electron chi connectivity index (χ1n) is 3.48. The molecular weight excluding hydrogens is 120 g/mol. The van der Waals surface area contributed by atoms with Crippen LogP contribution in [0.25, 0.3) is 0 Å². The summed E-state index contributed by atoms with van der Waals surface area (Å²) >= 11 is 0. The molecule has 0 saturated heterocycles. The summed E-state index contributed by atoms with van der Waals surface area (Å²) < 4.78 is 0. The Hall–Kier alpha value is -1.04. The first-order valence-corrected chi connectivity index (χ1v) is 3.48. The van der Waals surface area contributed by atoms with E-state index in [0.29, 0.717) is 0 Å². The molecule has 0 radical (unpaired) electrons.